The molecule has 2 rings (SSSR count). The largest absolute Gasteiger partial charge is 0.354 e. The molecule has 2 aliphatic rings. The summed E-state index contributed by atoms with van der Waals surface area (Å²) in [5.41, 5.74) is 0. The molecule has 116 valence electrons. The van der Waals surface area contributed by atoms with Crippen molar-refractivity contribution < 1.29 is 19.2 Å². The van der Waals surface area contributed by atoms with E-state index in [0.29, 0.717) is 19.5 Å². The number of ketones is 3. The summed E-state index contributed by atoms with van der Waals surface area (Å²) in [6.07, 6.45) is 2.02. The third-order valence-corrected chi connectivity index (χ3v) is 4.31. The van der Waals surface area contributed by atoms with Gasteiger partial charge in [0.25, 0.3) is 0 Å². The Bertz CT molecular complexity index is 472. The van der Waals surface area contributed by atoms with Crippen LogP contribution in [0.3, 0.4) is 0 Å². The maximum Gasteiger partial charge on any atom is 0.238 e. The van der Waals surface area contributed by atoms with Gasteiger partial charge in [0.2, 0.25) is 5.91 Å². The zero-order valence-electron chi connectivity index (χ0n) is 12.6. The van der Waals surface area contributed by atoms with Crippen LogP contribution in [0.1, 0.15) is 25.7 Å². The number of Topliss-reactive ketones (excluding diaryl/α,β-unsaturated/α-hetero) is 3. The predicted molar refractivity (Wildman–Crippen MR) is 75.5 cm³/mol. The first-order valence-electron chi connectivity index (χ1n) is 7.43. The molecule has 0 aromatic carbocycles. The average molecular weight is 294 g/mol. The van der Waals surface area contributed by atoms with E-state index < -0.39 is 23.5 Å². The summed E-state index contributed by atoms with van der Waals surface area (Å²) in [5.74, 6) is -3.67. The van der Waals surface area contributed by atoms with Gasteiger partial charge < -0.3 is 10.2 Å². The molecule has 2 saturated carbocycles. The first-order valence-corrected chi connectivity index (χ1v) is 7.43. The van der Waals surface area contributed by atoms with Crippen molar-refractivity contribution in [1.29, 1.82) is 0 Å². The lowest BCUT2D eigenvalue weighted by Gasteiger charge is -2.35. The van der Waals surface area contributed by atoms with Crippen LogP contribution in [-0.4, -0.2) is 55.3 Å². The molecular weight excluding hydrogens is 272 g/mol. The van der Waals surface area contributed by atoms with E-state index in [9.17, 15) is 19.2 Å². The van der Waals surface area contributed by atoms with E-state index in [0.717, 1.165) is 12.8 Å². The van der Waals surface area contributed by atoms with Gasteiger partial charge in [-0.2, -0.15) is 0 Å². The highest BCUT2D eigenvalue weighted by Crippen LogP contribution is 2.37. The van der Waals surface area contributed by atoms with Gasteiger partial charge in [-0.1, -0.05) is 0 Å². The van der Waals surface area contributed by atoms with Gasteiger partial charge >= 0.3 is 0 Å². The molecule has 3 atom stereocenters. The van der Waals surface area contributed by atoms with Crippen molar-refractivity contribution in [3.63, 3.8) is 0 Å². The third-order valence-electron chi connectivity index (χ3n) is 4.31. The zero-order chi connectivity index (χ0) is 15.6. The number of rotatable bonds is 4. The predicted octanol–water partition coefficient (Wildman–Crippen LogP) is -0.192. The highest BCUT2D eigenvalue weighted by Gasteiger charge is 2.50. The molecule has 0 aromatic heterocycles. The van der Waals surface area contributed by atoms with Crippen LogP contribution in [0.25, 0.3) is 0 Å². The fraction of sp³-hybridized carbons (Fsp3) is 0.733. The number of fused-ring (bicyclic) bond motifs is 1. The second kappa shape index (κ2) is 6.47. The van der Waals surface area contributed by atoms with Gasteiger partial charge in [-0.25, -0.2) is 0 Å². The zero-order valence-corrected chi connectivity index (χ0v) is 12.6. The SMILES string of the molecule is CN(C)CCNC(=O)C1C(=O)CC2CCCC(=O)C2C1=O. The number of nitrogens with zero attached hydrogens (tertiary/aromatic N) is 1. The molecule has 1 N–H and O–H groups in total. The van der Waals surface area contributed by atoms with Crippen LogP contribution in [0.15, 0.2) is 0 Å². The molecule has 6 heteroatoms. The van der Waals surface area contributed by atoms with Crippen molar-refractivity contribution in [1.82, 2.24) is 10.2 Å². The molecule has 0 aromatic rings. The molecule has 6 nitrogen and oxygen atoms in total. The summed E-state index contributed by atoms with van der Waals surface area (Å²) in [4.78, 5) is 50.4. The Labute approximate surface area is 124 Å². The molecule has 21 heavy (non-hydrogen) atoms. The van der Waals surface area contributed by atoms with Crippen molar-refractivity contribution in [2.24, 2.45) is 17.8 Å². The number of hydrogen-bond acceptors (Lipinski definition) is 5. The van der Waals surface area contributed by atoms with E-state index >= 15 is 0 Å². The van der Waals surface area contributed by atoms with E-state index in [1.165, 1.54) is 0 Å². The monoisotopic (exact) mass is 294 g/mol. The lowest BCUT2D eigenvalue weighted by molar-refractivity contribution is -0.151. The van der Waals surface area contributed by atoms with Gasteiger partial charge in [0.15, 0.2) is 17.5 Å². The van der Waals surface area contributed by atoms with Gasteiger partial charge in [0, 0.05) is 25.9 Å². The van der Waals surface area contributed by atoms with Crippen molar-refractivity contribution in [3.8, 4) is 0 Å². The lowest BCUT2D eigenvalue weighted by Crippen LogP contribution is -2.52. The van der Waals surface area contributed by atoms with Gasteiger partial charge in [-0.3, -0.25) is 19.2 Å². The Kier molecular flexibility index (Phi) is 4.88. The quantitative estimate of drug-likeness (QED) is 0.726. The summed E-state index contributed by atoms with van der Waals surface area (Å²) in [5, 5.41) is 2.62. The molecule has 0 radical (unpaired) electrons. The van der Waals surface area contributed by atoms with E-state index in [-0.39, 0.29) is 23.9 Å². The Hall–Kier alpha value is -1.56. The van der Waals surface area contributed by atoms with Gasteiger partial charge in [0.1, 0.15) is 5.78 Å². The molecule has 1 amide bonds. The van der Waals surface area contributed by atoms with Crippen LogP contribution in [0, 0.1) is 17.8 Å². The first-order chi connectivity index (χ1) is 9.91. The number of amides is 1. The molecule has 2 aliphatic carbocycles. The van der Waals surface area contributed by atoms with Crippen LogP contribution < -0.4 is 5.32 Å². The standard InChI is InChI=1S/C15H22N2O4/c1-17(2)7-6-16-15(21)13-11(19)8-9-4-3-5-10(18)12(9)14(13)20/h9,12-13H,3-8H2,1-2H3,(H,16,21). The van der Waals surface area contributed by atoms with Crippen molar-refractivity contribution >= 4 is 23.3 Å². The van der Waals surface area contributed by atoms with Crippen LogP contribution in [0.4, 0.5) is 0 Å². The van der Waals surface area contributed by atoms with Gasteiger partial charge in [-0.15, -0.1) is 0 Å². The number of nitrogens with one attached hydrogen (secondary N) is 1. The summed E-state index contributed by atoms with van der Waals surface area (Å²) in [7, 11) is 3.74. The first kappa shape index (κ1) is 15.8. The number of carbonyl (C=O) groups is 4. The Balaban J connectivity index is 2.05. The maximum absolute atomic E-state index is 12.4. The smallest absolute Gasteiger partial charge is 0.238 e. The fourth-order valence-corrected chi connectivity index (χ4v) is 3.23. The van der Waals surface area contributed by atoms with Crippen LogP contribution >= 0.6 is 0 Å². The van der Waals surface area contributed by atoms with Crippen LogP contribution in [-0.2, 0) is 19.2 Å². The second-order valence-electron chi connectivity index (χ2n) is 6.20. The van der Waals surface area contributed by atoms with Crippen molar-refractivity contribution in [2.45, 2.75) is 25.7 Å². The Morgan fingerprint density at radius 3 is 2.62 bits per heavy atom. The van der Waals surface area contributed by atoms with E-state index in [1.807, 2.05) is 19.0 Å². The molecule has 0 saturated heterocycles. The normalized spacial score (nSPS) is 29.5. The molecule has 2 fully saturated rings. The summed E-state index contributed by atoms with van der Waals surface area (Å²) in [6.45, 7) is 1.01. The minimum absolute atomic E-state index is 0.102. The third kappa shape index (κ3) is 3.37. The number of carbonyl (C=O) groups excluding carboxylic acids is 4. The minimum Gasteiger partial charge on any atom is -0.354 e. The Morgan fingerprint density at radius 2 is 1.95 bits per heavy atom. The Morgan fingerprint density at radius 1 is 1.24 bits per heavy atom. The molecular formula is C15H22N2O4. The van der Waals surface area contributed by atoms with Gasteiger partial charge in [-0.05, 0) is 32.9 Å². The van der Waals surface area contributed by atoms with E-state index in [1.54, 1.807) is 0 Å². The molecule has 0 bridgehead atoms. The minimum atomic E-state index is -1.28. The lowest BCUT2D eigenvalue weighted by atomic mass is 9.65. The van der Waals surface area contributed by atoms with E-state index in [4.69, 9.17) is 0 Å². The van der Waals surface area contributed by atoms with Gasteiger partial charge in [0.05, 0.1) is 5.92 Å². The summed E-state index contributed by atoms with van der Waals surface area (Å²) >= 11 is 0. The van der Waals surface area contributed by atoms with Crippen molar-refractivity contribution in [2.75, 3.05) is 27.2 Å². The molecule has 0 heterocycles. The molecule has 3 unspecified atom stereocenters. The summed E-state index contributed by atoms with van der Waals surface area (Å²) < 4.78 is 0. The van der Waals surface area contributed by atoms with Crippen molar-refractivity contribution in [3.05, 3.63) is 0 Å². The maximum atomic E-state index is 12.4. The number of likely N-dealkylation sites (N-methyl/N-ethyl adjacent to an activating group) is 1. The number of hydrogen-bond donors (Lipinski definition) is 1. The highest BCUT2D eigenvalue weighted by molar-refractivity contribution is 6.25. The van der Waals surface area contributed by atoms with E-state index in [2.05, 4.69) is 5.32 Å². The summed E-state index contributed by atoms with van der Waals surface area (Å²) in [6, 6.07) is 0. The topological polar surface area (TPSA) is 83.6 Å². The molecule has 0 spiro atoms. The molecule has 0 aliphatic heterocycles. The highest BCUT2D eigenvalue weighted by atomic mass is 16.2. The fourth-order valence-electron chi connectivity index (χ4n) is 3.23. The second-order valence-corrected chi connectivity index (χ2v) is 6.20. The average Bonchev–Trinajstić information content (AvgIpc) is 2.37. The van der Waals surface area contributed by atoms with Crippen LogP contribution in [0.2, 0.25) is 0 Å². The van der Waals surface area contributed by atoms with Crippen LogP contribution in [0.5, 0.6) is 0 Å².